The molecule has 1 unspecified atom stereocenters. The van der Waals surface area contributed by atoms with Crippen molar-refractivity contribution in [1.82, 2.24) is 0 Å². The summed E-state index contributed by atoms with van der Waals surface area (Å²) >= 11 is 0. The third kappa shape index (κ3) is 0.779. The molecular formula is C5H8NP. The zero-order valence-electron chi connectivity index (χ0n) is 4.23. The predicted molar refractivity (Wildman–Crippen MR) is 35.1 cm³/mol. The van der Waals surface area contributed by atoms with Crippen molar-refractivity contribution < 1.29 is 0 Å². The van der Waals surface area contributed by atoms with Gasteiger partial charge in [-0.05, 0) is 18.3 Å². The van der Waals surface area contributed by atoms with Gasteiger partial charge in [0.05, 0.1) is 5.42 Å². The quantitative estimate of drug-likeness (QED) is 0.543. The van der Waals surface area contributed by atoms with E-state index in [4.69, 9.17) is 5.73 Å². The highest BCUT2D eigenvalue weighted by molar-refractivity contribution is 7.33. The van der Waals surface area contributed by atoms with Crippen molar-refractivity contribution in [3.8, 4) is 0 Å². The Balaban J connectivity index is 3.12. The van der Waals surface area contributed by atoms with Gasteiger partial charge in [-0.2, -0.15) is 0 Å². The van der Waals surface area contributed by atoms with E-state index in [1.165, 1.54) is 5.56 Å². The van der Waals surface area contributed by atoms with Crippen molar-refractivity contribution >= 4 is 13.6 Å². The Morgan fingerprint density at radius 3 is 2.57 bits per heavy atom. The van der Waals surface area contributed by atoms with Crippen molar-refractivity contribution in [2.45, 2.75) is 6.92 Å². The summed E-state index contributed by atoms with van der Waals surface area (Å²) in [5.74, 6) is 2.10. The van der Waals surface area contributed by atoms with Gasteiger partial charge in [0.15, 0.2) is 0 Å². The zero-order chi connectivity index (χ0) is 5.28. The smallest absolute Gasteiger partial charge is 0.0507 e. The second kappa shape index (κ2) is 1.59. The van der Waals surface area contributed by atoms with Crippen molar-refractivity contribution in [2.24, 2.45) is 0 Å². The third-order valence-electron chi connectivity index (χ3n) is 0.997. The summed E-state index contributed by atoms with van der Waals surface area (Å²) in [5.41, 5.74) is 7.78. The SMILES string of the molecule is Cc1cc[pH]c1N. The fourth-order valence-electron chi connectivity index (χ4n) is 0.460. The number of aryl methyl sites for hydroxylation is 1. The van der Waals surface area contributed by atoms with E-state index in [1.807, 2.05) is 6.92 Å². The van der Waals surface area contributed by atoms with E-state index >= 15 is 0 Å². The molecule has 1 atom stereocenters. The van der Waals surface area contributed by atoms with Crippen molar-refractivity contribution in [1.29, 1.82) is 0 Å². The summed E-state index contributed by atoms with van der Waals surface area (Å²) in [7, 11) is 0.740. The standard InChI is InChI=1S/C5H8NP/c1-4-2-3-7-5(4)6/h2-3,7H,6H2,1H3. The van der Waals surface area contributed by atoms with Crippen LogP contribution in [0.2, 0.25) is 0 Å². The molecule has 0 amide bonds. The van der Waals surface area contributed by atoms with E-state index in [-0.39, 0.29) is 0 Å². The van der Waals surface area contributed by atoms with Gasteiger partial charge in [0.2, 0.25) is 0 Å². The van der Waals surface area contributed by atoms with Gasteiger partial charge in [0.25, 0.3) is 0 Å². The molecule has 0 aliphatic carbocycles. The number of hydrogen-bond donors (Lipinski definition) is 1. The van der Waals surface area contributed by atoms with E-state index in [0.29, 0.717) is 0 Å². The minimum absolute atomic E-state index is 0.740. The Morgan fingerprint density at radius 1 is 1.71 bits per heavy atom. The van der Waals surface area contributed by atoms with Gasteiger partial charge in [-0.3, -0.25) is 0 Å². The molecule has 2 N–H and O–H groups in total. The van der Waals surface area contributed by atoms with Crippen LogP contribution in [0.3, 0.4) is 0 Å². The molecule has 1 rings (SSSR count). The summed E-state index contributed by atoms with van der Waals surface area (Å²) in [4.78, 5) is 0. The Bertz CT molecular complexity index is 140. The summed E-state index contributed by atoms with van der Waals surface area (Å²) in [6.45, 7) is 2.03. The van der Waals surface area contributed by atoms with Crippen LogP contribution in [0.25, 0.3) is 0 Å². The highest BCUT2D eigenvalue weighted by Gasteiger charge is 1.86. The van der Waals surface area contributed by atoms with E-state index in [0.717, 1.165) is 13.6 Å². The third-order valence-corrected chi connectivity index (χ3v) is 2.04. The first-order valence-electron chi connectivity index (χ1n) is 2.20. The Labute approximate surface area is 44.6 Å². The minimum atomic E-state index is 0.740. The molecule has 2 heteroatoms. The molecule has 0 fully saturated rings. The number of rotatable bonds is 0. The van der Waals surface area contributed by atoms with Gasteiger partial charge in [-0.25, -0.2) is 0 Å². The molecule has 1 aromatic rings. The van der Waals surface area contributed by atoms with E-state index in [9.17, 15) is 0 Å². The van der Waals surface area contributed by atoms with Crippen LogP contribution in [0, 0.1) is 6.92 Å². The number of nitrogens with two attached hydrogens (primary N) is 1. The maximum absolute atomic E-state index is 5.51. The first kappa shape index (κ1) is 4.73. The first-order valence-corrected chi connectivity index (χ1v) is 3.28. The maximum Gasteiger partial charge on any atom is 0.0507 e. The Morgan fingerprint density at radius 2 is 2.43 bits per heavy atom. The molecule has 0 saturated heterocycles. The van der Waals surface area contributed by atoms with Crippen LogP contribution in [0.15, 0.2) is 11.9 Å². The maximum atomic E-state index is 5.51. The fraction of sp³-hybridized carbons (Fsp3) is 0.200. The van der Waals surface area contributed by atoms with Gasteiger partial charge in [-0.1, -0.05) is 6.07 Å². The molecule has 0 aliphatic heterocycles. The van der Waals surface area contributed by atoms with Gasteiger partial charge < -0.3 is 5.73 Å². The monoisotopic (exact) mass is 113 g/mol. The first-order chi connectivity index (χ1) is 3.30. The molecule has 0 saturated carbocycles. The molecule has 1 heterocycles. The molecule has 1 nitrogen and oxygen atoms in total. The van der Waals surface area contributed by atoms with Crippen molar-refractivity contribution in [3.63, 3.8) is 0 Å². The molecule has 1 aromatic heterocycles. The van der Waals surface area contributed by atoms with E-state index in [2.05, 4.69) is 11.9 Å². The fourth-order valence-corrected chi connectivity index (χ4v) is 1.28. The lowest BCUT2D eigenvalue weighted by molar-refractivity contribution is 1.55. The normalized spacial score (nSPS) is 10.4. The zero-order valence-corrected chi connectivity index (χ0v) is 5.23. The topological polar surface area (TPSA) is 26.0 Å². The van der Waals surface area contributed by atoms with E-state index in [1.54, 1.807) is 0 Å². The largest absolute Gasteiger partial charge is 0.396 e. The molecule has 0 radical (unpaired) electrons. The molecule has 0 spiro atoms. The van der Waals surface area contributed by atoms with Gasteiger partial charge >= 0.3 is 0 Å². The van der Waals surface area contributed by atoms with Crippen molar-refractivity contribution in [2.75, 3.05) is 5.73 Å². The van der Waals surface area contributed by atoms with Crippen LogP contribution in [0.5, 0.6) is 0 Å². The van der Waals surface area contributed by atoms with Gasteiger partial charge in [-0.15, -0.1) is 8.19 Å². The Hall–Kier alpha value is -0.420. The second-order valence-corrected chi connectivity index (χ2v) is 2.74. The second-order valence-electron chi connectivity index (χ2n) is 1.57. The van der Waals surface area contributed by atoms with Gasteiger partial charge in [0, 0.05) is 0 Å². The summed E-state index contributed by atoms with van der Waals surface area (Å²) in [5, 5.41) is 0. The minimum Gasteiger partial charge on any atom is -0.396 e. The van der Waals surface area contributed by atoms with Crippen LogP contribution in [-0.4, -0.2) is 0 Å². The summed E-state index contributed by atoms with van der Waals surface area (Å²) in [6.07, 6.45) is 0. The lowest BCUT2D eigenvalue weighted by Crippen LogP contribution is -1.77. The average Bonchev–Trinajstić information content (AvgIpc) is 1.91. The number of anilines is 1. The highest BCUT2D eigenvalue weighted by Crippen LogP contribution is 2.21. The van der Waals surface area contributed by atoms with Gasteiger partial charge in [0.1, 0.15) is 0 Å². The van der Waals surface area contributed by atoms with Crippen LogP contribution in [-0.2, 0) is 0 Å². The lowest BCUT2D eigenvalue weighted by atomic mass is 10.4. The number of hydrogen-bond acceptors (Lipinski definition) is 1. The summed E-state index contributed by atoms with van der Waals surface area (Å²) in [6, 6.07) is 2.06. The Kier molecular flexibility index (Phi) is 1.07. The van der Waals surface area contributed by atoms with Crippen LogP contribution in [0.4, 0.5) is 5.42 Å². The molecule has 0 bridgehead atoms. The lowest BCUT2D eigenvalue weighted by Gasteiger charge is -1.82. The average molecular weight is 113 g/mol. The van der Waals surface area contributed by atoms with Crippen molar-refractivity contribution in [3.05, 3.63) is 17.4 Å². The predicted octanol–water partition coefficient (Wildman–Crippen LogP) is 1.61. The van der Waals surface area contributed by atoms with Crippen LogP contribution in [0.1, 0.15) is 5.56 Å². The molecule has 38 valence electrons. The molecule has 0 aromatic carbocycles. The summed E-state index contributed by atoms with van der Waals surface area (Å²) < 4.78 is 0. The highest BCUT2D eigenvalue weighted by atomic mass is 31.0. The van der Waals surface area contributed by atoms with E-state index < -0.39 is 0 Å². The van der Waals surface area contributed by atoms with Crippen LogP contribution >= 0.6 is 8.19 Å². The molecule has 7 heavy (non-hydrogen) atoms. The molecular weight excluding hydrogens is 105 g/mol. The van der Waals surface area contributed by atoms with Crippen LogP contribution < -0.4 is 5.73 Å². The number of nitrogen functional groups attached to an aromatic ring is 1. The molecule has 0 aliphatic rings.